The van der Waals surface area contributed by atoms with Crippen LogP contribution in [0.3, 0.4) is 0 Å². The number of carbonyl (C=O) groups is 1. The van der Waals surface area contributed by atoms with Crippen LogP contribution < -0.4 is 9.47 Å². The highest BCUT2D eigenvalue weighted by molar-refractivity contribution is 9.08. The molecule has 94 valence electrons. The van der Waals surface area contributed by atoms with Gasteiger partial charge in [-0.1, -0.05) is 15.9 Å². The van der Waals surface area contributed by atoms with Gasteiger partial charge in [0.25, 0.3) is 0 Å². The molecule has 0 radical (unpaired) electrons. The van der Waals surface area contributed by atoms with E-state index in [-0.39, 0.29) is 23.1 Å². The fourth-order valence-corrected chi connectivity index (χ4v) is 1.49. The van der Waals surface area contributed by atoms with Gasteiger partial charge in [-0.2, -0.15) is 4.98 Å². The maximum Gasteiger partial charge on any atom is 0.574 e. The first kappa shape index (κ1) is 13.8. The number of nitrogens with zero attached hydrogens (tertiary/aromatic N) is 1. The molecule has 0 fully saturated rings. The van der Waals surface area contributed by atoms with Gasteiger partial charge in [0.15, 0.2) is 6.29 Å². The minimum Gasteiger partial charge on any atom is -0.481 e. The van der Waals surface area contributed by atoms with Crippen molar-refractivity contribution in [2.75, 3.05) is 7.11 Å². The second kappa shape index (κ2) is 5.35. The summed E-state index contributed by atoms with van der Waals surface area (Å²) in [5.74, 6) is -0.860. The fourth-order valence-electron chi connectivity index (χ4n) is 1.09. The molecular weight excluding hydrogens is 307 g/mol. The first-order valence-corrected chi connectivity index (χ1v) is 5.38. The number of aldehydes is 1. The molecule has 1 aromatic rings. The molecule has 0 saturated heterocycles. The molecule has 0 aliphatic heterocycles. The summed E-state index contributed by atoms with van der Waals surface area (Å²) in [7, 11) is 1.26. The molecule has 0 saturated carbocycles. The smallest absolute Gasteiger partial charge is 0.481 e. The molecule has 0 spiro atoms. The summed E-state index contributed by atoms with van der Waals surface area (Å²) < 4.78 is 44.6. The van der Waals surface area contributed by atoms with Crippen LogP contribution in [0.1, 0.15) is 15.9 Å². The van der Waals surface area contributed by atoms with Crippen molar-refractivity contribution < 1.29 is 27.4 Å². The molecule has 1 heterocycles. The summed E-state index contributed by atoms with van der Waals surface area (Å²) in [6.07, 6.45) is -4.68. The van der Waals surface area contributed by atoms with Crippen molar-refractivity contribution in [3.8, 4) is 11.8 Å². The van der Waals surface area contributed by atoms with E-state index < -0.39 is 12.2 Å². The van der Waals surface area contributed by atoms with E-state index in [9.17, 15) is 18.0 Å². The first-order chi connectivity index (χ1) is 7.91. The van der Waals surface area contributed by atoms with Crippen LogP contribution >= 0.6 is 15.9 Å². The van der Waals surface area contributed by atoms with Crippen molar-refractivity contribution in [3.05, 3.63) is 17.2 Å². The third-order valence-corrected chi connectivity index (χ3v) is 2.34. The summed E-state index contributed by atoms with van der Waals surface area (Å²) in [6.45, 7) is 0. The molecule has 0 amide bonds. The molecule has 1 aromatic heterocycles. The molecular formula is C9H7BrF3NO3. The SMILES string of the molecule is COc1nc(OC(F)(F)F)c(C=O)cc1CBr. The Kier molecular flexibility index (Phi) is 4.33. The predicted molar refractivity (Wildman–Crippen MR) is 55.5 cm³/mol. The van der Waals surface area contributed by atoms with E-state index in [4.69, 9.17) is 4.74 Å². The van der Waals surface area contributed by atoms with Gasteiger partial charge in [0.05, 0.1) is 12.7 Å². The number of hydrogen-bond donors (Lipinski definition) is 0. The second-order valence-corrected chi connectivity index (χ2v) is 3.41. The van der Waals surface area contributed by atoms with Crippen LogP contribution in [0.25, 0.3) is 0 Å². The van der Waals surface area contributed by atoms with Gasteiger partial charge in [-0.3, -0.25) is 4.79 Å². The summed E-state index contributed by atoms with van der Waals surface area (Å²) in [6, 6.07) is 1.22. The Balaban J connectivity index is 3.24. The normalized spacial score (nSPS) is 11.1. The molecule has 8 heteroatoms. The predicted octanol–water partition coefficient (Wildman–Crippen LogP) is 2.70. The van der Waals surface area contributed by atoms with Crippen LogP contribution in [0.2, 0.25) is 0 Å². The molecule has 0 aromatic carbocycles. The third-order valence-electron chi connectivity index (χ3n) is 1.73. The van der Waals surface area contributed by atoms with Gasteiger partial charge in [-0.15, -0.1) is 13.2 Å². The number of rotatable bonds is 4. The van der Waals surface area contributed by atoms with E-state index in [1.165, 1.54) is 13.2 Å². The number of halogens is 4. The van der Waals surface area contributed by atoms with E-state index in [2.05, 4.69) is 25.7 Å². The van der Waals surface area contributed by atoms with Crippen molar-refractivity contribution in [2.45, 2.75) is 11.7 Å². The van der Waals surface area contributed by atoms with E-state index >= 15 is 0 Å². The Morgan fingerprint density at radius 3 is 2.53 bits per heavy atom. The number of carbonyl (C=O) groups excluding carboxylic acids is 1. The lowest BCUT2D eigenvalue weighted by Crippen LogP contribution is -2.19. The van der Waals surface area contributed by atoms with Gasteiger partial charge in [0, 0.05) is 10.9 Å². The molecule has 0 aliphatic carbocycles. The zero-order valence-electron chi connectivity index (χ0n) is 8.55. The fraction of sp³-hybridized carbons (Fsp3) is 0.333. The van der Waals surface area contributed by atoms with Gasteiger partial charge in [-0.05, 0) is 6.07 Å². The number of methoxy groups -OCH3 is 1. The minimum atomic E-state index is -4.91. The highest BCUT2D eigenvalue weighted by Gasteiger charge is 2.33. The van der Waals surface area contributed by atoms with Crippen LogP contribution in [0.15, 0.2) is 6.07 Å². The zero-order chi connectivity index (χ0) is 13.1. The molecule has 17 heavy (non-hydrogen) atoms. The van der Waals surface area contributed by atoms with Gasteiger partial charge in [0.1, 0.15) is 0 Å². The lowest BCUT2D eigenvalue weighted by molar-refractivity contribution is -0.276. The van der Waals surface area contributed by atoms with Crippen molar-refractivity contribution >= 4 is 22.2 Å². The molecule has 0 bridgehead atoms. The summed E-state index contributed by atoms with van der Waals surface area (Å²) in [5, 5.41) is 0.288. The van der Waals surface area contributed by atoms with Gasteiger partial charge in [0.2, 0.25) is 11.8 Å². The zero-order valence-corrected chi connectivity index (χ0v) is 10.1. The maximum atomic E-state index is 12.0. The van der Waals surface area contributed by atoms with Gasteiger partial charge < -0.3 is 9.47 Å². The maximum absolute atomic E-state index is 12.0. The quantitative estimate of drug-likeness (QED) is 0.633. The highest BCUT2D eigenvalue weighted by Crippen LogP contribution is 2.29. The van der Waals surface area contributed by atoms with Crippen LogP contribution in [0.5, 0.6) is 11.8 Å². The Hall–Kier alpha value is -1.31. The Labute approximate surface area is 103 Å². The second-order valence-electron chi connectivity index (χ2n) is 2.85. The average molecular weight is 314 g/mol. The average Bonchev–Trinajstić information content (AvgIpc) is 2.26. The Bertz CT molecular complexity index is 423. The first-order valence-electron chi connectivity index (χ1n) is 4.26. The molecule has 4 nitrogen and oxygen atoms in total. The van der Waals surface area contributed by atoms with E-state index in [1.54, 1.807) is 0 Å². The number of alkyl halides is 4. The number of pyridine rings is 1. The number of ether oxygens (including phenoxy) is 2. The van der Waals surface area contributed by atoms with Crippen molar-refractivity contribution in [3.63, 3.8) is 0 Å². The molecule has 1 rings (SSSR count). The van der Waals surface area contributed by atoms with E-state index in [1.807, 2.05) is 0 Å². The monoisotopic (exact) mass is 313 g/mol. The molecule has 0 unspecified atom stereocenters. The van der Waals surface area contributed by atoms with E-state index in [0.717, 1.165) is 0 Å². The van der Waals surface area contributed by atoms with Crippen molar-refractivity contribution in [1.82, 2.24) is 4.98 Å². The van der Waals surface area contributed by atoms with Crippen LogP contribution in [-0.4, -0.2) is 24.7 Å². The number of aromatic nitrogens is 1. The molecule has 0 atom stereocenters. The van der Waals surface area contributed by atoms with Crippen LogP contribution in [0, 0.1) is 0 Å². The summed E-state index contributed by atoms with van der Waals surface area (Å²) >= 11 is 3.10. The van der Waals surface area contributed by atoms with E-state index in [0.29, 0.717) is 5.56 Å². The Morgan fingerprint density at radius 2 is 2.12 bits per heavy atom. The highest BCUT2D eigenvalue weighted by atomic mass is 79.9. The third kappa shape index (κ3) is 3.58. The lowest BCUT2D eigenvalue weighted by atomic mass is 10.2. The standard InChI is InChI=1S/C9H7BrF3NO3/c1-16-7-5(3-10)2-6(4-15)8(14-7)17-9(11,12)13/h2,4H,3H2,1H3. The molecule has 0 aliphatic rings. The minimum absolute atomic E-state index is 0.0354. The van der Waals surface area contributed by atoms with Gasteiger partial charge in [-0.25, -0.2) is 0 Å². The lowest BCUT2D eigenvalue weighted by Gasteiger charge is -2.12. The Morgan fingerprint density at radius 1 is 1.47 bits per heavy atom. The van der Waals surface area contributed by atoms with Crippen molar-refractivity contribution in [2.24, 2.45) is 0 Å². The molecule has 0 N–H and O–H groups in total. The largest absolute Gasteiger partial charge is 0.574 e. The topological polar surface area (TPSA) is 48.4 Å². The van der Waals surface area contributed by atoms with Crippen LogP contribution in [-0.2, 0) is 5.33 Å². The number of hydrogen-bond acceptors (Lipinski definition) is 4. The van der Waals surface area contributed by atoms with Crippen molar-refractivity contribution in [1.29, 1.82) is 0 Å². The van der Waals surface area contributed by atoms with Gasteiger partial charge >= 0.3 is 6.36 Å². The van der Waals surface area contributed by atoms with Crippen LogP contribution in [0.4, 0.5) is 13.2 Å². The summed E-state index contributed by atoms with van der Waals surface area (Å²) in [4.78, 5) is 14.1. The summed E-state index contributed by atoms with van der Waals surface area (Å²) in [5.41, 5.74) is 0.154.